The molecule has 0 spiro atoms. The highest BCUT2D eigenvalue weighted by atomic mass is 32.2. The molecule has 4 rings (SSSR count). The van der Waals surface area contributed by atoms with Crippen LogP contribution in [0.2, 0.25) is 0 Å². The second kappa shape index (κ2) is 8.17. The number of sulfonamides is 1. The van der Waals surface area contributed by atoms with Gasteiger partial charge in [0.15, 0.2) is 0 Å². The van der Waals surface area contributed by atoms with Crippen LogP contribution >= 0.6 is 0 Å². The smallest absolute Gasteiger partial charge is 0.238 e. The number of imidazole rings is 1. The lowest BCUT2D eigenvalue weighted by atomic mass is 10.1. The zero-order valence-electron chi connectivity index (χ0n) is 16.3. The van der Waals surface area contributed by atoms with Crippen molar-refractivity contribution in [1.29, 1.82) is 0 Å². The first-order valence-corrected chi connectivity index (χ1v) is 10.9. The fourth-order valence-electron chi connectivity index (χ4n) is 3.20. The third kappa shape index (κ3) is 4.29. The maximum absolute atomic E-state index is 11.9. The standard InChI is InChI=1S/C22H21N3O4S/c1-2-28-16-8-10-17(11-9-16)29-14-22-24-19-12-7-15(13-20(19)25-22)18-5-3-4-6-21(18)30(23,26)27/h3-13H,2,14H2,1H3,(H,24,25)(H2,23,26,27). The van der Waals surface area contributed by atoms with Gasteiger partial charge < -0.3 is 14.5 Å². The largest absolute Gasteiger partial charge is 0.494 e. The molecule has 3 N–H and O–H groups in total. The van der Waals surface area contributed by atoms with Gasteiger partial charge in [0.1, 0.15) is 23.9 Å². The average Bonchev–Trinajstić information content (AvgIpc) is 3.15. The number of hydrogen-bond acceptors (Lipinski definition) is 5. The second-order valence-electron chi connectivity index (χ2n) is 6.65. The van der Waals surface area contributed by atoms with Crippen molar-refractivity contribution in [2.75, 3.05) is 6.61 Å². The summed E-state index contributed by atoms with van der Waals surface area (Å²) in [6, 6.07) is 19.6. The zero-order chi connectivity index (χ0) is 21.1. The van der Waals surface area contributed by atoms with Crippen LogP contribution < -0.4 is 14.6 Å². The molecule has 30 heavy (non-hydrogen) atoms. The van der Waals surface area contributed by atoms with Crippen LogP contribution in [0.3, 0.4) is 0 Å². The van der Waals surface area contributed by atoms with E-state index in [1.165, 1.54) is 6.07 Å². The highest BCUT2D eigenvalue weighted by Crippen LogP contribution is 2.29. The molecule has 7 nitrogen and oxygen atoms in total. The number of primary sulfonamides is 1. The van der Waals surface area contributed by atoms with Crippen molar-refractivity contribution in [1.82, 2.24) is 9.97 Å². The van der Waals surface area contributed by atoms with Gasteiger partial charge >= 0.3 is 0 Å². The molecule has 0 aliphatic carbocycles. The normalized spacial score (nSPS) is 11.5. The third-order valence-corrected chi connectivity index (χ3v) is 5.52. The van der Waals surface area contributed by atoms with Gasteiger partial charge in [0, 0.05) is 5.56 Å². The SMILES string of the molecule is CCOc1ccc(OCc2nc3cc(-c4ccccc4S(N)(=O)=O)ccc3[nH]2)cc1. The van der Waals surface area contributed by atoms with Crippen molar-refractivity contribution in [3.63, 3.8) is 0 Å². The Kier molecular flexibility index (Phi) is 5.43. The highest BCUT2D eigenvalue weighted by Gasteiger charge is 2.15. The molecule has 154 valence electrons. The zero-order valence-corrected chi connectivity index (χ0v) is 17.1. The fraction of sp³-hybridized carbons (Fsp3) is 0.136. The number of hydrogen-bond donors (Lipinski definition) is 2. The molecule has 8 heteroatoms. The average molecular weight is 423 g/mol. The summed E-state index contributed by atoms with van der Waals surface area (Å²) in [7, 11) is -3.83. The number of H-pyrrole nitrogens is 1. The van der Waals surface area contributed by atoms with E-state index in [1.54, 1.807) is 18.2 Å². The van der Waals surface area contributed by atoms with Gasteiger partial charge in [-0.1, -0.05) is 24.3 Å². The molecule has 0 atom stereocenters. The van der Waals surface area contributed by atoms with E-state index in [0.717, 1.165) is 16.8 Å². The maximum atomic E-state index is 11.9. The summed E-state index contributed by atoms with van der Waals surface area (Å²) < 4.78 is 35.0. The molecular weight excluding hydrogens is 402 g/mol. The molecule has 1 heterocycles. The first-order valence-electron chi connectivity index (χ1n) is 9.40. The second-order valence-corrected chi connectivity index (χ2v) is 8.18. The molecule has 1 aromatic heterocycles. The number of nitrogens with two attached hydrogens (primary N) is 1. The Morgan fingerprint density at radius 1 is 0.967 bits per heavy atom. The Bertz CT molecular complexity index is 1280. The lowest BCUT2D eigenvalue weighted by Gasteiger charge is -2.07. The number of fused-ring (bicyclic) bond motifs is 1. The molecule has 0 bridgehead atoms. The lowest BCUT2D eigenvalue weighted by molar-refractivity contribution is 0.296. The number of benzene rings is 3. The van der Waals surface area contributed by atoms with Crippen LogP contribution in [0.25, 0.3) is 22.2 Å². The lowest BCUT2D eigenvalue weighted by Crippen LogP contribution is -2.13. The van der Waals surface area contributed by atoms with Crippen molar-refractivity contribution >= 4 is 21.1 Å². The van der Waals surface area contributed by atoms with Crippen molar-refractivity contribution in [3.8, 4) is 22.6 Å². The Hall–Kier alpha value is -3.36. The molecule has 0 amide bonds. The first kappa shape index (κ1) is 19.9. The van der Waals surface area contributed by atoms with E-state index in [9.17, 15) is 8.42 Å². The van der Waals surface area contributed by atoms with E-state index in [-0.39, 0.29) is 11.5 Å². The van der Waals surface area contributed by atoms with Crippen LogP contribution in [-0.2, 0) is 16.6 Å². The first-order chi connectivity index (χ1) is 14.4. The summed E-state index contributed by atoms with van der Waals surface area (Å²) in [5, 5.41) is 5.36. The monoisotopic (exact) mass is 423 g/mol. The summed E-state index contributed by atoms with van der Waals surface area (Å²) in [6.07, 6.45) is 0. The number of nitrogens with one attached hydrogen (secondary N) is 1. The van der Waals surface area contributed by atoms with Gasteiger partial charge in [-0.3, -0.25) is 0 Å². The van der Waals surface area contributed by atoms with Crippen molar-refractivity contribution in [3.05, 3.63) is 72.6 Å². The Morgan fingerprint density at radius 2 is 1.67 bits per heavy atom. The number of rotatable bonds is 7. The Morgan fingerprint density at radius 3 is 2.37 bits per heavy atom. The minimum absolute atomic E-state index is 0.0824. The van der Waals surface area contributed by atoms with E-state index >= 15 is 0 Å². The number of nitrogens with zero attached hydrogens (tertiary/aromatic N) is 1. The van der Waals surface area contributed by atoms with Gasteiger partial charge in [0.2, 0.25) is 10.0 Å². The van der Waals surface area contributed by atoms with E-state index in [0.29, 0.717) is 29.3 Å². The van der Waals surface area contributed by atoms with Gasteiger partial charge in [-0.2, -0.15) is 0 Å². The minimum Gasteiger partial charge on any atom is -0.494 e. The summed E-state index contributed by atoms with van der Waals surface area (Å²) >= 11 is 0. The molecular formula is C22H21N3O4S. The van der Waals surface area contributed by atoms with E-state index in [2.05, 4.69) is 9.97 Å². The molecule has 4 aromatic rings. The Labute approximate surface area is 174 Å². The summed E-state index contributed by atoms with van der Waals surface area (Å²) in [5.41, 5.74) is 2.80. The van der Waals surface area contributed by atoms with Gasteiger partial charge in [-0.15, -0.1) is 0 Å². The molecule has 0 saturated heterocycles. The summed E-state index contributed by atoms with van der Waals surface area (Å²) in [6.45, 7) is 2.82. The van der Waals surface area contributed by atoms with Gasteiger partial charge in [-0.05, 0) is 55.0 Å². The molecule has 0 saturated carbocycles. The molecule has 0 fully saturated rings. The van der Waals surface area contributed by atoms with Crippen molar-refractivity contribution < 1.29 is 17.9 Å². The van der Waals surface area contributed by atoms with Crippen LogP contribution in [0.1, 0.15) is 12.7 Å². The van der Waals surface area contributed by atoms with E-state index in [4.69, 9.17) is 14.6 Å². The predicted molar refractivity (Wildman–Crippen MR) is 115 cm³/mol. The van der Waals surface area contributed by atoms with E-state index in [1.807, 2.05) is 49.4 Å². The molecule has 0 aliphatic heterocycles. The maximum Gasteiger partial charge on any atom is 0.238 e. The van der Waals surface area contributed by atoms with Crippen LogP contribution in [0, 0.1) is 0 Å². The van der Waals surface area contributed by atoms with Crippen LogP contribution in [0.5, 0.6) is 11.5 Å². The highest BCUT2D eigenvalue weighted by molar-refractivity contribution is 7.89. The van der Waals surface area contributed by atoms with Gasteiger partial charge in [0.05, 0.1) is 22.5 Å². The molecule has 0 unspecified atom stereocenters. The molecule has 0 radical (unpaired) electrons. The quantitative estimate of drug-likeness (QED) is 0.469. The predicted octanol–water partition coefficient (Wildman–Crippen LogP) is 3.86. The Balaban J connectivity index is 1.56. The summed E-state index contributed by atoms with van der Waals surface area (Å²) in [5.74, 6) is 2.17. The van der Waals surface area contributed by atoms with Crippen LogP contribution in [0.15, 0.2) is 71.6 Å². The van der Waals surface area contributed by atoms with Crippen molar-refractivity contribution in [2.24, 2.45) is 5.14 Å². The van der Waals surface area contributed by atoms with Crippen LogP contribution in [0.4, 0.5) is 0 Å². The van der Waals surface area contributed by atoms with Crippen molar-refractivity contribution in [2.45, 2.75) is 18.4 Å². The molecule has 3 aromatic carbocycles. The van der Waals surface area contributed by atoms with Gasteiger partial charge in [-0.25, -0.2) is 18.5 Å². The van der Waals surface area contributed by atoms with E-state index < -0.39 is 10.0 Å². The third-order valence-electron chi connectivity index (χ3n) is 4.55. The van der Waals surface area contributed by atoms with Crippen LogP contribution in [-0.4, -0.2) is 25.0 Å². The molecule has 0 aliphatic rings. The number of ether oxygens (including phenoxy) is 2. The minimum atomic E-state index is -3.83. The topological polar surface area (TPSA) is 107 Å². The van der Waals surface area contributed by atoms with Gasteiger partial charge in [0.25, 0.3) is 0 Å². The number of aromatic amines is 1. The summed E-state index contributed by atoms with van der Waals surface area (Å²) in [4.78, 5) is 7.87. The fourth-order valence-corrected chi connectivity index (χ4v) is 3.96. The number of aromatic nitrogens is 2.